The fourth-order valence-electron chi connectivity index (χ4n) is 1.58. The molecule has 1 fully saturated rings. The van der Waals surface area contributed by atoms with Crippen molar-refractivity contribution in [1.82, 2.24) is 10.3 Å². The summed E-state index contributed by atoms with van der Waals surface area (Å²) in [5.41, 5.74) is 0.643. The number of nitrogens with zero attached hydrogens (tertiary/aromatic N) is 1. The molecule has 0 spiro atoms. The maximum Gasteiger partial charge on any atom is 0.258 e. The summed E-state index contributed by atoms with van der Waals surface area (Å²) in [6.07, 6.45) is 4.35. The van der Waals surface area contributed by atoms with Crippen LogP contribution in [-0.2, 0) is 9.59 Å². The number of carbonyl (C=O) groups excluding carboxylic acids is 2. The molecular formula is C14H19N3O3. The highest BCUT2D eigenvalue weighted by molar-refractivity contribution is 5.93. The first-order valence-electron chi connectivity index (χ1n) is 6.85. The van der Waals surface area contributed by atoms with E-state index in [0.29, 0.717) is 18.1 Å². The first-order valence-corrected chi connectivity index (χ1v) is 6.85. The summed E-state index contributed by atoms with van der Waals surface area (Å²) in [5.74, 6) is 0.397. The van der Waals surface area contributed by atoms with Crippen molar-refractivity contribution in [2.75, 3.05) is 18.5 Å². The summed E-state index contributed by atoms with van der Waals surface area (Å²) in [6.45, 7) is 2.57. The summed E-state index contributed by atoms with van der Waals surface area (Å²) in [7, 11) is 0. The first-order chi connectivity index (χ1) is 9.69. The Morgan fingerprint density at radius 2 is 2.20 bits per heavy atom. The molecule has 2 rings (SSSR count). The Kier molecular flexibility index (Phi) is 4.92. The van der Waals surface area contributed by atoms with Crippen molar-refractivity contribution in [3.8, 4) is 5.88 Å². The van der Waals surface area contributed by atoms with Crippen molar-refractivity contribution >= 4 is 17.5 Å². The van der Waals surface area contributed by atoms with Gasteiger partial charge in [-0.15, -0.1) is 0 Å². The van der Waals surface area contributed by atoms with E-state index in [1.807, 2.05) is 6.92 Å². The third-order valence-electron chi connectivity index (χ3n) is 2.88. The van der Waals surface area contributed by atoms with Crippen molar-refractivity contribution in [2.24, 2.45) is 5.92 Å². The highest BCUT2D eigenvalue weighted by Gasteiger charge is 2.29. The smallest absolute Gasteiger partial charge is 0.258 e. The van der Waals surface area contributed by atoms with E-state index in [-0.39, 0.29) is 24.3 Å². The SMILES string of the molecule is CCCNC(=O)COc1ccc(NC(=O)C2CC2)cn1. The largest absolute Gasteiger partial charge is 0.468 e. The van der Waals surface area contributed by atoms with E-state index >= 15 is 0 Å². The van der Waals surface area contributed by atoms with Crippen LogP contribution >= 0.6 is 0 Å². The van der Waals surface area contributed by atoms with Crippen molar-refractivity contribution in [2.45, 2.75) is 26.2 Å². The zero-order valence-corrected chi connectivity index (χ0v) is 11.5. The first kappa shape index (κ1) is 14.3. The van der Waals surface area contributed by atoms with Crippen LogP contribution in [-0.4, -0.2) is 29.9 Å². The standard InChI is InChI=1S/C14H19N3O3/c1-2-7-15-12(18)9-20-13-6-5-11(8-16-13)17-14(19)10-3-4-10/h5-6,8,10H,2-4,7,9H2,1H3,(H,15,18)(H,17,19). The Hall–Kier alpha value is -2.11. The molecule has 1 aliphatic rings. The Balaban J connectivity index is 1.76. The van der Waals surface area contributed by atoms with E-state index in [4.69, 9.17) is 4.74 Å². The monoisotopic (exact) mass is 277 g/mol. The molecule has 0 radical (unpaired) electrons. The summed E-state index contributed by atoms with van der Waals surface area (Å²) >= 11 is 0. The van der Waals surface area contributed by atoms with Gasteiger partial charge in [0, 0.05) is 18.5 Å². The minimum atomic E-state index is -0.167. The summed E-state index contributed by atoms with van der Waals surface area (Å²) in [5, 5.41) is 5.50. The molecule has 0 atom stereocenters. The third kappa shape index (κ3) is 4.53. The van der Waals surface area contributed by atoms with E-state index in [9.17, 15) is 9.59 Å². The second-order valence-electron chi connectivity index (χ2n) is 4.79. The summed E-state index contributed by atoms with van der Waals surface area (Å²) < 4.78 is 5.25. The van der Waals surface area contributed by atoms with Gasteiger partial charge in [-0.3, -0.25) is 9.59 Å². The van der Waals surface area contributed by atoms with Crippen LogP contribution in [0.15, 0.2) is 18.3 Å². The van der Waals surface area contributed by atoms with Crippen LogP contribution in [0.2, 0.25) is 0 Å². The van der Waals surface area contributed by atoms with Gasteiger partial charge in [0.25, 0.3) is 5.91 Å². The molecule has 1 saturated carbocycles. The number of anilines is 1. The fraction of sp³-hybridized carbons (Fsp3) is 0.500. The van der Waals surface area contributed by atoms with Crippen LogP contribution in [0.3, 0.4) is 0 Å². The maximum absolute atomic E-state index is 11.6. The van der Waals surface area contributed by atoms with E-state index in [1.165, 1.54) is 6.20 Å². The van der Waals surface area contributed by atoms with Gasteiger partial charge in [0.2, 0.25) is 11.8 Å². The fourth-order valence-corrected chi connectivity index (χ4v) is 1.58. The molecule has 1 aromatic rings. The molecular weight excluding hydrogens is 258 g/mol. The second kappa shape index (κ2) is 6.88. The summed E-state index contributed by atoms with van der Waals surface area (Å²) in [4.78, 5) is 26.9. The molecule has 0 bridgehead atoms. The number of hydrogen-bond donors (Lipinski definition) is 2. The van der Waals surface area contributed by atoms with Crippen molar-refractivity contribution in [3.63, 3.8) is 0 Å². The van der Waals surface area contributed by atoms with Crippen molar-refractivity contribution in [3.05, 3.63) is 18.3 Å². The molecule has 0 unspecified atom stereocenters. The van der Waals surface area contributed by atoms with E-state index in [1.54, 1.807) is 12.1 Å². The van der Waals surface area contributed by atoms with Gasteiger partial charge in [-0.05, 0) is 25.3 Å². The number of rotatable bonds is 7. The van der Waals surface area contributed by atoms with Crippen molar-refractivity contribution < 1.29 is 14.3 Å². The molecule has 1 aromatic heterocycles. The van der Waals surface area contributed by atoms with Gasteiger partial charge in [0.05, 0.1) is 11.9 Å². The predicted molar refractivity (Wildman–Crippen MR) is 74.4 cm³/mol. The molecule has 1 heterocycles. The molecule has 0 aromatic carbocycles. The topological polar surface area (TPSA) is 80.3 Å². The predicted octanol–water partition coefficient (Wildman–Crippen LogP) is 1.34. The number of aromatic nitrogens is 1. The van der Waals surface area contributed by atoms with Gasteiger partial charge in [-0.2, -0.15) is 0 Å². The highest BCUT2D eigenvalue weighted by Crippen LogP contribution is 2.30. The number of amides is 2. The lowest BCUT2D eigenvalue weighted by atomic mass is 10.3. The van der Waals surface area contributed by atoms with E-state index in [0.717, 1.165) is 19.3 Å². The van der Waals surface area contributed by atoms with E-state index in [2.05, 4.69) is 15.6 Å². The molecule has 108 valence electrons. The number of nitrogens with one attached hydrogen (secondary N) is 2. The average Bonchev–Trinajstić information content (AvgIpc) is 3.29. The Morgan fingerprint density at radius 3 is 2.80 bits per heavy atom. The Labute approximate surface area is 117 Å². The minimum Gasteiger partial charge on any atom is -0.468 e. The molecule has 1 aliphatic carbocycles. The van der Waals surface area contributed by atoms with Crippen LogP contribution in [0.25, 0.3) is 0 Å². The van der Waals surface area contributed by atoms with Crippen LogP contribution in [0.1, 0.15) is 26.2 Å². The van der Waals surface area contributed by atoms with Gasteiger partial charge in [0.15, 0.2) is 6.61 Å². The third-order valence-corrected chi connectivity index (χ3v) is 2.88. The normalized spacial score (nSPS) is 13.7. The number of pyridine rings is 1. The molecule has 2 N–H and O–H groups in total. The van der Waals surface area contributed by atoms with Crippen LogP contribution in [0.5, 0.6) is 5.88 Å². The Morgan fingerprint density at radius 1 is 1.40 bits per heavy atom. The second-order valence-corrected chi connectivity index (χ2v) is 4.79. The average molecular weight is 277 g/mol. The zero-order chi connectivity index (χ0) is 14.4. The number of ether oxygens (including phenoxy) is 1. The van der Waals surface area contributed by atoms with Gasteiger partial charge in [-0.1, -0.05) is 6.92 Å². The summed E-state index contributed by atoms with van der Waals surface area (Å²) in [6, 6.07) is 3.35. The molecule has 0 saturated heterocycles. The quantitative estimate of drug-likeness (QED) is 0.788. The molecule has 2 amide bonds. The molecule has 6 heteroatoms. The lowest BCUT2D eigenvalue weighted by molar-refractivity contribution is -0.123. The van der Waals surface area contributed by atoms with Gasteiger partial charge in [0.1, 0.15) is 0 Å². The van der Waals surface area contributed by atoms with Crippen LogP contribution in [0.4, 0.5) is 5.69 Å². The van der Waals surface area contributed by atoms with Crippen molar-refractivity contribution in [1.29, 1.82) is 0 Å². The van der Waals surface area contributed by atoms with Crippen LogP contribution < -0.4 is 15.4 Å². The highest BCUT2D eigenvalue weighted by atomic mass is 16.5. The van der Waals surface area contributed by atoms with Crippen LogP contribution in [0, 0.1) is 5.92 Å². The minimum absolute atomic E-state index is 0.0411. The molecule has 20 heavy (non-hydrogen) atoms. The van der Waals surface area contributed by atoms with Gasteiger partial charge < -0.3 is 15.4 Å². The lowest BCUT2D eigenvalue weighted by Crippen LogP contribution is -2.29. The zero-order valence-electron chi connectivity index (χ0n) is 11.5. The Bertz CT molecular complexity index is 469. The number of carbonyl (C=O) groups is 2. The van der Waals surface area contributed by atoms with Gasteiger partial charge in [-0.25, -0.2) is 4.98 Å². The maximum atomic E-state index is 11.6. The van der Waals surface area contributed by atoms with Gasteiger partial charge >= 0.3 is 0 Å². The number of hydrogen-bond acceptors (Lipinski definition) is 4. The molecule has 0 aliphatic heterocycles. The lowest BCUT2D eigenvalue weighted by Gasteiger charge is -2.07. The van der Waals surface area contributed by atoms with E-state index < -0.39 is 0 Å². The molecule has 6 nitrogen and oxygen atoms in total.